The molecule has 0 spiro atoms. The van der Waals surface area contributed by atoms with E-state index in [0.29, 0.717) is 24.5 Å². The van der Waals surface area contributed by atoms with Crippen molar-refractivity contribution in [3.8, 4) is 5.75 Å². The number of nitrogens with one attached hydrogen (secondary N) is 1. The summed E-state index contributed by atoms with van der Waals surface area (Å²) in [6.07, 6.45) is 1.17. The van der Waals surface area contributed by atoms with Crippen LogP contribution in [0.15, 0.2) is 24.3 Å². The lowest BCUT2D eigenvalue weighted by molar-refractivity contribution is 0.0447. The maximum Gasteiger partial charge on any atom is 0.251 e. The Balaban J connectivity index is 1.91. The van der Waals surface area contributed by atoms with Crippen LogP contribution in [0.3, 0.4) is 0 Å². The van der Waals surface area contributed by atoms with E-state index in [1.807, 2.05) is 0 Å². The summed E-state index contributed by atoms with van der Waals surface area (Å²) in [6, 6.07) is 6.86. The number of amides is 1. The van der Waals surface area contributed by atoms with Gasteiger partial charge in [-0.25, -0.2) is 0 Å². The minimum Gasteiger partial charge on any atom is -0.491 e. The van der Waals surface area contributed by atoms with Crippen LogP contribution in [0.5, 0.6) is 5.75 Å². The summed E-state index contributed by atoms with van der Waals surface area (Å²) in [5, 5.41) is 12.3. The van der Waals surface area contributed by atoms with Gasteiger partial charge >= 0.3 is 0 Å². The van der Waals surface area contributed by atoms with Crippen molar-refractivity contribution in [2.45, 2.75) is 25.0 Å². The Morgan fingerprint density at radius 2 is 2.26 bits per heavy atom. The van der Waals surface area contributed by atoms with E-state index in [1.54, 1.807) is 31.4 Å². The Morgan fingerprint density at radius 3 is 2.89 bits per heavy atom. The van der Waals surface area contributed by atoms with E-state index in [2.05, 4.69) is 5.32 Å². The molecule has 104 valence electrons. The maximum atomic E-state index is 12.0. The van der Waals surface area contributed by atoms with Crippen molar-refractivity contribution in [1.82, 2.24) is 5.32 Å². The molecule has 5 heteroatoms. The predicted octanol–water partition coefficient (Wildman–Crippen LogP) is 0.965. The van der Waals surface area contributed by atoms with E-state index in [1.165, 1.54) is 0 Å². The molecule has 0 aromatic heterocycles. The summed E-state index contributed by atoms with van der Waals surface area (Å²) in [6.45, 7) is 0.952. The molecule has 1 aromatic carbocycles. The highest BCUT2D eigenvalue weighted by atomic mass is 16.5. The van der Waals surface area contributed by atoms with Crippen LogP contribution >= 0.6 is 0 Å². The third-order valence-electron chi connectivity index (χ3n) is 3.21. The van der Waals surface area contributed by atoms with Gasteiger partial charge in [0.1, 0.15) is 12.4 Å². The molecule has 2 N–H and O–H groups in total. The number of methoxy groups -OCH3 is 1. The van der Waals surface area contributed by atoms with Crippen LogP contribution in [0.2, 0.25) is 0 Å². The standard InChI is InChI=1S/C14H19NO4/c1-18-7-8-19-11-4-2-3-10(9-11)14(17)15-12-5-6-13(12)16/h2-4,9,12-13,16H,5-8H2,1H3,(H,15,17)/t12-,13-/m1/s1. The average Bonchev–Trinajstić information content (AvgIpc) is 2.43. The number of rotatable bonds is 6. The Hall–Kier alpha value is -1.59. The monoisotopic (exact) mass is 265 g/mol. The van der Waals surface area contributed by atoms with Crippen LogP contribution in [0.4, 0.5) is 0 Å². The fourth-order valence-corrected chi connectivity index (χ4v) is 1.87. The van der Waals surface area contributed by atoms with Crippen molar-refractivity contribution in [1.29, 1.82) is 0 Å². The highest BCUT2D eigenvalue weighted by molar-refractivity contribution is 5.94. The largest absolute Gasteiger partial charge is 0.491 e. The molecule has 0 aliphatic heterocycles. The molecule has 0 saturated heterocycles. The summed E-state index contributed by atoms with van der Waals surface area (Å²) >= 11 is 0. The van der Waals surface area contributed by atoms with E-state index in [-0.39, 0.29) is 11.9 Å². The van der Waals surface area contributed by atoms with E-state index in [4.69, 9.17) is 9.47 Å². The molecule has 5 nitrogen and oxygen atoms in total. The van der Waals surface area contributed by atoms with Crippen molar-refractivity contribution < 1.29 is 19.4 Å². The second-order valence-electron chi connectivity index (χ2n) is 4.59. The Morgan fingerprint density at radius 1 is 1.42 bits per heavy atom. The first kappa shape index (κ1) is 13.8. The summed E-state index contributed by atoms with van der Waals surface area (Å²) in [5.41, 5.74) is 0.536. The summed E-state index contributed by atoms with van der Waals surface area (Å²) in [7, 11) is 1.61. The van der Waals surface area contributed by atoms with Gasteiger partial charge in [-0.3, -0.25) is 4.79 Å². The van der Waals surface area contributed by atoms with E-state index in [9.17, 15) is 9.90 Å². The molecular formula is C14H19NO4. The topological polar surface area (TPSA) is 67.8 Å². The number of aliphatic hydroxyl groups is 1. The normalized spacial score (nSPS) is 21.6. The Bertz CT molecular complexity index is 435. The molecule has 1 aliphatic carbocycles. The second-order valence-corrected chi connectivity index (χ2v) is 4.59. The maximum absolute atomic E-state index is 12.0. The van der Waals surface area contributed by atoms with Gasteiger partial charge in [-0.1, -0.05) is 6.07 Å². The van der Waals surface area contributed by atoms with Gasteiger partial charge in [0.25, 0.3) is 5.91 Å². The zero-order valence-electron chi connectivity index (χ0n) is 11.0. The number of carbonyl (C=O) groups excluding carboxylic acids is 1. The first-order valence-electron chi connectivity index (χ1n) is 6.41. The van der Waals surface area contributed by atoms with Crippen LogP contribution < -0.4 is 10.1 Å². The number of hydrogen-bond donors (Lipinski definition) is 2. The SMILES string of the molecule is COCCOc1cccc(C(=O)N[C@@H]2CC[C@H]2O)c1. The highest BCUT2D eigenvalue weighted by Gasteiger charge is 2.30. The first-order chi connectivity index (χ1) is 9.20. The van der Waals surface area contributed by atoms with Crippen molar-refractivity contribution in [2.24, 2.45) is 0 Å². The molecular weight excluding hydrogens is 246 g/mol. The van der Waals surface area contributed by atoms with Crippen molar-refractivity contribution in [2.75, 3.05) is 20.3 Å². The molecule has 1 aliphatic rings. The fourth-order valence-electron chi connectivity index (χ4n) is 1.87. The molecule has 19 heavy (non-hydrogen) atoms. The Kier molecular flexibility index (Phi) is 4.76. The lowest BCUT2D eigenvalue weighted by atomic mass is 9.89. The summed E-state index contributed by atoms with van der Waals surface area (Å²) < 4.78 is 10.3. The first-order valence-corrected chi connectivity index (χ1v) is 6.41. The van der Waals surface area contributed by atoms with Gasteiger partial charge in [-0.2, -0.15) is 0 Å². The van der Waals surface area contributed by atoms with Crippen molar-refractivity contribution in [3.63, 3.8) is 0 Å². The summed E-state index contributed by atoms with van der Waals surface area (Å²) in [4.78, 5) is 12.0. The third-order valence-corrected chi connectivity index (χ3v) is 3.21. The van der Waals surface area contributed by atoms with Gasteiger partial charge in [0, 0.05) is 12.7 Å². The van der Waals surface area contributed by atoms with E-state index in [0.717, 1.165) is 12.8 Å². The Labute approximate surface area is 112 Å². The molecule has 1 amide bonds. The van der Waals surface area contributed by atoms with Gasteiger partial charge in [0.15, 0.2) is 0 Å². The molecule has 1 aromatic rings. The average molecular weight is 265 g/mol. The molecule has 1 fully saturated rings. The quantitative estimate of drug-likeness (QED) is 0.752. The lowest BCUT2D eigenvalue weighted by Gasteiger charge is -2.32. The van der Waals surface area contributed by atoms with Crippen LogP contribution in [0.1, 0.15) is 23.2 Å². The highest BCUT2D eigenvalue weighted by Crippen LogP contribution is 2.20. The molecule has 0 radical (unpaired) electrons. The van der Waals surface area contributed by atoms with Crippen LogP contribution in [-0.4, -0.2) is 43.5 Å². The summed E-state index contributed by atoms with van der Waals surface area (Å²) in [5.74, 6) is 0.458. The minimum atomic E-state index is -0.412. The fraction of sp³-hybridized carbons (Fsp3) is 0.500. The zero-order valence-corrected chi connectivity index (χ0v) is 11.0. The smallest absolute Gasteiger partial charge is 0.251 e. The number of benzene rings is 1. The van der Waals surface area contributed by atoms with Crippen molar-refractivity contribution >= 4 is 5.91 Å². The van der Waals surface area contributed by atoms with Crippen LogP contribution in [-0.2, 0) is 4.74 Å². The third kappa shape index (κ3) is 3.68. The number of ether oxygens (including phenoxy) is 2. The van der Waals surface area contributed by atoms with Gasteiger partial charge in [0.05, 0.1) is 18.8 Å². The predicted molar refractivity (Wildman–Crippen MR) is 70.3 cm³/mol. The van der Waals surface area contributed by atoms with Crippen molar-refractivity contribution in [3.05, 3.63) is 29.8 Å². The lowest BCUT2D eigenvalue weighted by Crippen LogP contribution is -2.50. The minimum absolute atomic E-state index is 0.120. The van der Waals surface area contributed by atoms with Gasteiger partial charge in [-0.05, 0) is 31.0 Å². The number of aliphatic hydroxyl groups excluding tert-OH is 1. The molecule has 0 bridgehead atoms. The van der Waals surface area contributed by atoms with Gasteiger partial charge in [0.2, 0.25) is 0 Å². The molecule has 1 saturated carbocycles. The molecule has 2 atom stereocenters. The number of hydrogen-bond acceptors (Lipinski definition) is 4. The number of carbonyl (C=O) groups is 1. The van der Waals surface area contributed by atoms with Gasteiger partial charge < -0.3 is 19.9 Å². The van der Waals surface area contributed by atoms with E-state index >= 15 is 0 Å². The van der Waals surface area contributed by atoms with Gasteiger partial charge in [-0.15, -0.1) is 0 Å². The molecule has 2 rings (SSSR count). The second kappa shape index (κ2) is 6.54. The molecule has 0 unspecified atom stereocenters. The van der Waals surface area contributed by atoms with E-state index < -0.39 is 6.10 Å². The molecule has 0 heterocycles. The van der Waals surface area contributed by atoms with Crippen LogP contribution in [0, 0.1) is 0 Å². The zero-order chi connectivity index (χ0) is 13.7. The van der Waals surface area contributed by atoms with Crippen LogP contribution in [0.25, 0.3) is 0 Å².